The molecule has 1 aromatic rings. The Morgan fingerprint density at radius 2 is 1.95 bits per heavy atom. The van der Waals surface area contributed by atoms with Crippen LogP contribution in [-0.4, -0.2) is 25.5 Å². The Morgan fingerprint density at radius 3 is 2.40 bits per heavy atom. The number of halogens is 2. The molecule has 0 amide bonds. The smallest absolute Gasteiger partial charge is 0.304 e. The van der Waals surface area contributed by atoms with Crippen LogP contribution in [0.5, 0.6) is 0 Å². The second kappa shape index (κ2) is 6.27. The van der Waals surface area contributed by atoms with Gasteiger partial charge < -0.3 is 5.11 Å². The van der Waals surface area contributed by atoms with E-state index in [0.717, 1.165) is 12.1 Å². The van der Waals surface area contributed by atoms with Crippen molar-refractivity contribution in [2.45, 2.75) is 31.2 Å². The van der Waals surface area contributed by atoms with Gasteiger partial charge >= 0.3 is 5.97 Å². The van der Waals surface area contributed by atoms with Gasteiger partial charge in [0.25, 0.3) is 0 Å². The molecular formula is C12H15F2NO4S. The fraction of sp³-hybridized carbons (Fsp3) is 0.417. The number of benzene rings is 1. The van der Waals surface area contributed by atoms with Crippen LogP contribution < -0.4 is 4.72 Å². The van der Waals surface area contributed by atoms with Gasteiger partial charge in [0.1, 0.15) is 16.5 Å². The molecule has 0 spiro atoms. The maximum absolute atomic E-state index is 13.5. The summed E-state index contributed by atoms with van der Waals surface area (Å²) in [5, 5.41) is 8.73. The van der Waals surface area contributed by atoms with Crippen LogP contribution in [0.3, 0.4) is 0 Å². The average Bonchev–Trinajstić information content (AvgIpc) is 2.26. The standard InChI is InChI=1S/C12H15F2NO4S/c1-7(2)10(6-12(16)17)15-20(18,19)11-4-3-8(13)5-9(11)14/h3-5,7,10,15H,6H2,1-2H3,(H,16,17). The third-order valence-electron chi connectivity index (χ3n) is 2.69. The third-order valence-corrected chi connectivity index (χ3v) is 4.21. The maximum atomic E-state index is 13.5. The molecule has 2 N–H and O–H groups in total. The molecule has 0 radical (unpaired) electrons. The molecule has 0 saturated heterocycles. The molecular weight excluding hydrogens is 292 g/mol. The van der Waals surface area contributed by atoms with E-state index in [4.69, 9.17) is 5.11 Å². The molecule has 1 aromatic carbocycles. The highest BCUT2D eigenvalue weighted by Crippen LogP contribution is 2.17. The van der Waals surface area contributed by atoms with Gasteiger partial charge in [-0.15, -0.1) is 0 Å². The predicted octanol–water partition coefficient (Wildman–Crippen LogP) is 1.74. The molecule has 0 fully saturated rings. The average molecular weight is 307 g/mol. The SMILES string of the molecule is CC(C)C(CC(=O)O)NS(=O)(=O)c1ccc(F)cc1F. The number of nitrogens with one attached hydrogen (secondary N) is 1. The van der Waals surface area contributed by atoms with Gasteiger partial charge in [0.05, 0.1) is 6.42 Å². The summed E-state index contributed by atoms with van der Waals surface area (Å²) in [7, 11) is -4.25. The van der Waals surface area contributed by atoms with E-state index in [9.17, 15) is 22.0 Å². The molecule has 0 saturated carbocycles. The lowest BCUT2D eigenvalue weighted by atomic mass is 10.0. The Kier molecular flexibility index (Phi) is 5.18. The zero-order valence-corrected chi connectivity index (χ0v) is 11.7. The van der Waals surface area contributed by atoms with E-state index >= 15 is 0 Å². The minimum atomic E-state index is -4.25. The monoisotopic (exact) mass is 307 g/mol. The Bertz CT molecular complexity index is 601. The molecule has 0 aliphatic carbocycles. The number of hydrogen-bond acceptors (Lipinski definition) is 3. The Labute approximate surface area is 115 Å². The zero-order chi connectivity index (χ0) is 15.5. The van der Waals surface area contributed by atoms with E-state index in [1.54, 1.807) is 13.8 Å². The minimum Gasteiger partial charge on any atom is -0.481 e. The van der Waals surface area contributed by atoms with Gasteiger partial charge in [0, 0.05) is 12.1 Å². The van der Waals surface area contributed by atoms with Crippen LogP contribution in [0.2, 0.25) is 0 Å². The Hall–Kier alpha value is -1.54. The molecule has 5 nitrogen and oxygen atoms in total. The van der Waals surface area contributed by atoms with E-state index in [1.165, 1.54) is 0 Å². The Morgan fingerprint density at radius 1 is 1.35 bits per heavy atom. The van der Waals surface area contributed by atoms with Gasteiger partial charge in [-0.1, -0.05) is 13.8 Å². The number of carboxylic acids is 1. The van der Waals surface area contributed by atoms with Gasteiger partial charge in [-0.3, -0.25) is 4.79 Å². The minimum absolute atomic E-state index is 0.301. The molecule has 0 aliphatic rings. The van der Waals surface area contributed by atoms with E-state index in [-0.39, 0.29) is 5.92 Å². The number of hydrogen-bond donors (Lipinski definition) is 2. The van der Waals surface area contributed by atoms with E-state index < -0.39 is 45.0 Å². The summed E-state index contributed by atoms with van der Waals surface area (Å²) >= 11 is 0. The summed E-state index contributed by atoms with van der Waals surface area (Å²) in [6.07, 6.45) is -0.431. The van der Waals surface area contributed by atoms with Crippen molar-refractivity contribution in [3.05, 3.63) is 29.8 Å². The van der Waals surface area contributed by atoms with Crippen molar-refractivity contribution in [3.8, 4) is 0 Å². The molecule has 1 unspecified atom stereocenters. The third kappa shape index (κ3) is 4.24. The highest BCUT2D eigenvalue weighted by Gasteiger charge is 2.26. The molecule has 0 heterocycles. The molecule has 20 heavy (non-hydrogen) atoms. The summed E-state index contributed by atoms with van der Waals surface area (Å²) in [5.74, 6) is -3.60. The first-order chi connectivity index (χ1) is 9.13. The lowest BCUT2D eigenvalue weighted by Crippen LogP contribution is -2.40. The van der Waals surface area contributed by atoms with Crippen molar-refractivity contribution in [3.63, 3.8) is 0 Å². The van der Waals surface area contributed by atoms with Crippen molar-refractivity contribution in [2.24, 2.45) is 5.92 Å². The largest absolute Gasteiger partial charge is 0.481 e. The zero-order valence-electron chi connectivity index (χ0n) is 10.9. The summed E-state index contributed by atoms with van der Waals surface area (Å²) in [5.41, 5.74) is 0. The van der Waals surface area contributed by atoms with Crippen LogP contribution in [0, 0.1) is 17.6 Å². The molecule has 1 atom stereocenters. The molecule has 112 valence electrons. The van der Waals surface area contributed by atoms with Gasteiger partial charge in [-0.2, -0.15) is 0 Å². The number of carbonyl (C=O) groups is 1. The van der Waals surface area contributed by atoms with Crippen molar-refractivity contribution in [1.29, 1.82) is 0 Å². The van der Waals surface area contributed by atoms with Crippen LogP contribution in [0.25, 0.3) is 0 Å². The highest BCUT2D eigenvalue weighted by molar-refractivity contribution is 7.89. The first kappa shape index (κ1) is 16.5. The number of rotatable bonds is 6. The number of sulfonamides is 1. The lowest BCUT2D eigenvalue weighted by Gasteiger charge is -2.20. The van der Waals surface area contributed by atoms with Crippen molar-refractivity contribution >= 4 is 16.0 Å². The maximum Gasteiger partial charge on any atom is 0.304 e. The normalized spacial score (nSPS) is 13.4. The molecule has 8 heteroatoms. The number of carboxylic acid groups (broad SMARTS) is 1. The fourth-order valence-electron chi connectivity index (χ4n) is 1.56. The molecule has 0 bridgehead atoms. The molecule has 0 aliphatic heterocycles. The second-order valence-corrected chi connectivity index (χ2v) is 6.33. The fourth-order valence-corrected chi connectivity index (χ4v) is 3.00. The molecule has 0 aromatic heterocycles. The first-order valence-corrected chi connectivity index (χ1v) is 7.31. The summed E-state index contributed by atoms with van der Waals surface area (Å²) in [4.78, 5) is 9.98. The van der Waals surface area contributed by atoms with Gasteiger partial charge in [-0.05, 0) is 18.1 Å². The van der Waals surface area contributed by atoms with Crippen molar-refractivity contribution in [2.75, 3.05) is 0 Å². The van der Waals surface area contributed by atoms with Crippen LogP contribution in [0.15, 0.2) is 23.1 Å². The lowest BCUT2D eigenvalue weighted by molar-refractivity contribution is -0.137. The quantitative estimate of drug-likeness (QED) is 0.838. The van der Waals surface area contributed by atoms with Crippen LogP contribution in [0.4, 0.5) is 8.78 Å². The first-order valence-electron chi connectivity index (χ1n) is 5.82. The van der Waals surface area contributed by atoms with Crippen LogP contribution >= 0.6 is 0 Å². The van der Waals surface area contributed by atoms with Crippen LogP contribution in [0.1, 0.15) is 20.3 Å². The predicted molar refractivity (Wildman–Crippen MR) is 67.6 cm³/mol. The van der Waals surface area contributed by atoms with Gasteiger partial charge in [-0.25, -0.2) is 21.9 Å². The number of aliphatic carboxylic acids is 1. The summed E-state index contributed by atoms with van der Waals surface area (Å²) in [6.45, 7) is 3.27. The van der Waals surface area contributed by atoms with Gasteiger partial charge in [0.2, 0.25) is 10.0 Å². The van der Waals surface area contributed by atoms with Gasteiger partial charge in [0.15, 0.2) is 0 Å². The summed E-state index contributed by atoms with van der Waals surface area (Å²) in [6, 6.07) is 1.18. The summed E-state index contributed by atoms with van der Waals surface area (Å²) < 4.78 is 52.4. The Balaban J connectivity index is 3.06. The van der Waals surface area contributed by atoms with Crippen molar-refractivity contribution < 1.29 is 27.1 Å². The second-order valence-electron chi connectivity index (χ2n) is 4.64. The van der Waals surface area contributed by atoms with E-state index in [1.807, 2.05) is 0 Å². The molecule has 1 rings (SSSR count). The van der Waals surface area contributed by atoms with E-state index in [2.05, 4.69) is 4.72 Å². The topological polar surface area (TPSA) is 83.5 Å². The van der Waals surface area contributed by atoms with Crippen LogP contribution in [-0.2, 0) is 14.8 Å². The van der Waals surface area contributed by atoms with Crippen molar-refractivity contribution in [1.82, 2.24) is 4.72 Å². The van der Waals surface area contributed by atoms with E-state index in [0.29, 0.717) is 6.07 Å². The highest BCUT2D eigenvalue weighted by atomic mass is 32.2.